The maximum atomic E-state index is 11.4. The van der Waals surface area contributed by atoms with Gasteiger partial charge in [-0.1, -0.05) is 6.92 Å². The number of aromatic nitrogens is 1. The number of nitrogens with zero attached hydrogens (tertiary/aromatic N) is 1. The summed E-state index contributed by atoms with van der Waals surface area (Å²) < 4.78 is 0. The van der Waals surface area contributed by atoms with E-state index in [-0.39, 0.29) is 11.5 Å². The number of carbonyl (C=O) groups is 2. The molecule has 0 saturated carbocycles. The van der Waals surface area contributed by atoms with Crippen LogP contribution in [0, 0.1) is 0 Å². The number of hydrogen-bond acceptors (Lipinski definition) is 5. The van der Waals surface area contributed by atoms with Gasteiger partial charge in [0.2, 0.25) is 5.91 Å². The number of anilines is 2. The van der Waals surface area contributed by atoms with Crippen molar-refractivity contribution in [1.82, 2.24) is 10.3 Å². The van der Waals surface area contributed by atoms with Crippen molar-refractivity contribution in [3.63, 3.8) is 0 Å². The van der Waals surface area contributed by atoms with Crippen LogP contribution in [0.1, 0.15) is 30.1 Å². The van der Waals surface area contributed by atoms with Crippen LogP contribution >= 0.6 is 0 Å². The van der Waals surface area contributed by atoms with Crippen molar-refractivity contribution in [2.24, 2.45) is 5.73 Å². The number of nitrogens with one attached hydrogen (secondary N) is 2. The molecule has 2 amide bonds. The topological polar surface area (TPSA) is 123 Å². The molecule has 0 fully saturated rings. The van der Waals surface area contributed by atoms with Crippen molar-refractivity contribution in [2.45, 2.75) is 19.8 Å². The van der Waals surface area contributed by atoms with Gasteiger partial charge in [0.25, 0.3) is 5.91 Å². The number of rotatable bonds is 7. The van der Waals surface area contributed by atoms with E-state index in [1.807, 2.05) is 6.92 Å². The highest BCUT2D eigenvalue weighted by atomic mass is 16.2. The highest BCUT2D eigenvalue weighted by Gasteiger charge is 2.10. The summed E-state index contributed by atoms with van der Waals surface area (Å²) in [6.07, 6.45) is 2.61. The number of nitrogens with two attached hydrogens (primary N) is 2. The van der Waals surface area contributed by atoms with Gasteiger partial charge in [0.05, 0.1) is 17.4 Å². The second-order valence-corrected chi connectivity index (χ2v) is 4.06. The van der Waals surface area contributed by atoms with Gasteiger partial charge in [0, 0.05) is 19.5 Å². The summed E-state index contributed by atoms with van der Waals surface area (Å²) in [4.78, 5) is 26.6. The molecule has 1 heterocycles. The van der Waals surface area contributed by atoms with Crippen LogP contribution in [0.3, 0.4) is 0 Å². The van der Waals surface area contributed by atoms with Gasteiger partial charge >= 0.3 is 0 Å². The number of nitrogen functional groups attached to an aromatic ring is 1. The lowest BCUT2D eigenvalue weighted by Gasteiger charge is -2.09. The lowest BCUT2D eigenvalue weighted by Crippen LogP contribution is -2.26. The van der Waals surface area contributed by atoms with E-state index in [1.54, 1.807) is 0 Å². The largest absolute Gasteiger partial charge is 0.397 e. The number of pyridine rings is 1. The predicted octanol–water partition coefficient (Wildman–Crippen LogP) is 0.0909. The number of primary amides is 1. The van der Waals surface area contributed by atoms with E-state index < -0.39 is 5.91 Å². The fourth-order valence-electron chi connectivity index (χ4n) is 1.46. The molecule has 19 heavy (non-hydrogen) atoms. The van der Waals surface area contributed by atoms with Gasteiger partial charge in [0.15, 0.2) is 0 Å². The Labute approximate surface area is 111 Å². The molecule has 0 atom stereocenters. The monoisotopic (exact) mass is 265 g/mol. The lowest BCUT2D eigenvalue weighted by molar-refractivity contribution is -0.120. The summed E-state index contributed by atoms with van der Waals surface area (Å²) in [7, 11) is 0. The molecule has 7 nitrogen and oxygen atoms in total. The van der Waals surface area contributed by atoms with E-state index in [1.165, 1.54) is 12.3 Å². The first-order valence-electron chi connectivity index (χ1n) is 6.10. The van der Waals surface area contributed by atoms with Crippen molar-refractivity contribution in [2.75, 3.05) is 24.1 Å². The molecule has 1 aromatic rings. The molecule has 0 aliphatic heterocycles. The molecule has 104 valence electrons. The molecule has 0 saturated heterocycles. The zero-order valence-electron chi connectivity index (χ0n) is 10.9. The molecule has 0 aromatic carbocycles. The number of hydrogen-bond donors (Lipinski definition) is 4. The Bertz CT molecular complexity index is 461. The maximum Gasteiger partial charge on any atom is 0.252 e. The van der Waals surface area contributed by atoms with Gasteiger partial charge in [-0.05, 0) is 12.5 Å². The molecule has 0 spiro atoms. The third kappa shape index (κ3) is 4.82. The molecule has 0 unspecified atom stereocenters. The summed E-state index contributed by atoms with van der Waals surface area (Å²) in [5.41, 5.74) is 11.3. The summed E-state index contributed by atoms with van der Waals surface area (Å²) in [6.45, 7) is 3.01. The zero-order valence-corrected chi connectivity index (χ0v) is 10.9. The predicted molar refractivity (Wildman–Crippen MR) is 73.6 cm³/mol. The number of carbonyl (C=O) groups excluding carboxylic acids is 2. The molecule has 7 heteroatoms. The van der Waals surface area contributed by atoms with Crippen molar-refractivity contribution >= 4 is 23.3 Å². The van der Waals surface area contributed by atoms with Crippen LogP contribution in [0.25, 0.3) is 0 Å². The quantitative estimate of drug-likeness (QED) is 0.556. The Morgan fingerprint density at radius 2 is 2.11 bits per heavy atom. The smallest absolute Gasteiger partial charge is 0.252 e. The third-order valence-corrected chi connectivity index (χ3v) is 2.39. The molecule has 0 bridgehead atoms. The molecule has 1 rings (SSSR count). The van der Waals surface area contributed by atoms with Gasteiger partial charge in [-0.2, -0.15) is 0 Å². The first-order valence-corrected chi connectivity index (χ1v) is 6.10. The van der Waals surface area contributed by atoms with Gasteiger partial charge in [0.1, 0.15) is 5.82 Å². The molecule has 0 aliphatic carbocycles. The summed E-state index contributed by atoms with van der Waals surface area (Å²) >= 11 is 0. The average molecular weight is 265 g/mol. The summed E-state index contributed by atoms with van der Waals surface area (Å²) in [5.74, 6) is -0.326. The second-order valence-electron chi connectivity index (χ2n) is 4.06. The molecular weight excluding hydrogens is 246 g/mol. The summed E-state index contributed by atoms with van der Waals surface area (Å²) in [5, 5.41) is 5.65. The van der Waals surface area contributed by atoms with Crippen LogP contribution in [0.2, 0.25) is 0 Å². The minimum Gasteiger partial charge on any atom is -0.397 e. The maximum absolute atomic E-state index is 11.4. The molecule has 0 aliphatic rings. The SMILES string of the molecule is CCCNC(=O)CCNc1ncc(N)cc1C(N)=O. The highest BCUT2D eigenvalue weighted by molar-refractivity contribution is 5.98. The van der Waals surface area contributed by atoms with Crippen LogP contribution in [0.15, 0.2) is 12.3 Å². The van der Waals surface area contributed by atoms with Crippen molar-refractivity contribution < 1.29 is 9.59 Å². The van der Waals surface area contributed by atoms with Crippen LogP contribution < -0.4 is 22.1 Å². The Morgan fingerprint density at radius 1 is 1.37 bits per heavy atom. The van der Waals surface area contributed by atoms with Gasteiger partial charge in [-0.25, -0.2) is 4.98 Å². The minimum atomic E-state index is -0.613. The van der Waals surface area contributed by atoms with E-state index in [4.69, 9.17) is 11.5 Å². The first kappa shape index (κ1) is 14.7. The Kier molecular flexibility index (Phi) is 5.59. The minimum absolute atomic E-state index is 0.0505. The zero-order chi connectivity index (χ0) is 14.3. The van der Waals surface area contributed by atoms with E-state index in [0.29, 0.717) is 31.0 Å². The fraction of sp³-hybridized carbons (Fsp3) is 0.417. The first-order chi connectivity index (χ1) is 9.04. The normalized spacial score (nSPS) is 9.95. The number of amides is 2. The van der Waals surface area contributed by atoms with Crippen LogP contribution in [0.4, 0.5) is 11.5 Å². The van der Waals surface area contributed by atoms with Crippen LogP contribution in [-0.2, 0) is 4.79 Å². The summed E-state index contributed by atoms with van der Waals surface area (Å²) in [6, 6.07) is 1.45. The van der Waals surface area contributed by atoms with Gasteiger partial charge in [-0.3, -0.25) is 9.59 Å². The van der Waals surface area contributed by atoms with E-state index in [0.717, 1.165) is 6.42 Å². The molecule has 6 N–H and O–H groups in total. The fourth-order valence-corrected chi connectivity index (χ4v) is 1.46. The Hall–Kier alpha value is -2.31. The van der Waals surface area contributed by atoms with Crippen LogP contribution in [0.5, 0.6) is 0 Å². The second kappa shape index (κ2) is 7.20. The molecule has 1 aromatic heterocycles. The van der Waals surface area contributed by atoms with E-state index in [9.17, 15) is 9.59 Å². The molecule has 0 radical (unpaired) electrons. The Morgan fingerprint density at radius 3 is 2.74 bits per heavy atom. The van der Waals surface area contributed by atoms with Crippen molar-refractivity contribution in [3.8, 4) is 0 Å². The standard InChI is InChI=1S/C12H19N5O2/c1-2-4-15-10(18)3-5-16-12-9(11(14)19)6-8(13)7-17-12/h6-7H,2-5,13H2,1H3,(H2,14,19)(H,15,18)(H,16,17). The molecular formula is C12H19N5O2. The van der Waals surface area contributed by atoms with E-state index in [2.05, 4.69) is 15.6 Å². The van der Waals surface area contributed by atoms with Gasteiger partial charge in [-0.15, -0.1) is 0 Å². The average Bonchev–Trinajstić information content (AvgIpc) is 2.37. The van der Waals surface area contributed by atoms with Crippen molar-refractivity contribution in [3.05, 3.63) is 17.8 Å². The lowest BCUT2D eigenvalue weighted by atomic mass is 10.2. The van der Waals surface area contributed by atoms with Crippen LogP contribution in [-0.4, -0.2) is 29.9 Å². The van der Waals surface area contributed by atoms with E-state index >= 15 is 0 Å². The van der Waals surface area contributed by atoms with Gasteiger partial charge < -0.3 is 22.1 Å². The van der Waals surface area contributed by atoms with Crippen molar-refractivity contribution in [1.29, 1.82) is 0 Å². The third-order valence-electron chi connectivity index (χ3n) is 2.39. The highest BCUT2D eigenvalue weighted by Crippen LogP contribution is 2.14. The Balaban J connectivity index is 2.53.